The Morgan fingerprint density at radius 1 is 1.42 bits per heavy atom. The van der Waals surface area contributed by atoms with Gasteiger partial charge in [-0.1, -0.05) is 13.3 Å². The molecule has 1 atom stereocenters. The number of halogens is 1. The Hall–Kier alpha value is -0.320. The molecule has 1 N–H and O–H groups in total. The fourth-order valence-electron chi connectivity index (χ4n) is 2.70. The molecule has 1 unspecified atom stereocenters. The van der Waals surface area contributed by atoms with Gasteiger partial charge in [-0.25, -0.2) is 0 Å². The fourth-order valence-corrected chi connectivity index (χ4v) is 3.02. The van der Waals surface area contributed by atoms with Gasteiger partial charge < -0.3 is 14.6 Å². The third kappa shape index (κ3) is 4.62. The number of piperidine rings is 1. The second-order valence-corrected chi connectivity index (χ2v) is 6.28. The number of hydrogen-bond donors (Lipinski definition) is 1. The summed E-state index contributed by atoms with van der Waals surface area (Å²) in [5.41, 5.74) is 0. The van der Waals surface area contributed by atoms with Gasteiger partial charge in [-0.2, -0.15) is 0 Å². The van der Waals surface area contributed by atoms with E-state index in [4.69, 9.17) is 4.42 Å². The molecule has 0 saturated carbocycles. The molecule has 1 aromatic heterocycles. The minimum atomic E-state index is 0.290. The molecule has 108 valence electrons. The van der Waals surface area contributed by atoms with Crippen LogP contribution in [0.3, 0.4) is 0 Å². The summed E-state index contributed by atoms with van der Waals surface area (Å²) in [5.74, 6) is 1.01. The van der Waals surface area contributed by atoms with Crippen LogP contribution in [0, 0.1) is 0 Å². The molecule has 2 rings (SSSR count). The zero-order valence-electron chi connectivity index (χ0n) is 12.0. The zero-order chi connectivity index (χ0) is 13.7. The number of likely N-dealkylation sites (tertiary alicyclic amines) is 1. The lowest BCUT2D eigenvalue weighted by Crippen LogP contribution is -2.43. The Balaban J connectivity index is 1.73. The first-order chi connectivity index (χ1) is 9.19. The zero-order valence-corrected chi connectivity index (χ0v) is 13.6. The van der Waals surface area contributed by atoms with Crippen molar-refractivity contribution in [3.05, 3.63) is 22.6 Å². The van der Waals surface area contributed by atoms with Crippen LogP contribution in [0.5, 0.6) is 0 Å². The highest BCUT2D eigenvalue weighted by atomic mass is 79.9. The molecule has 3 nitrogen and oxygen atoms in total. The van der Waals surface area contributed by atoms with Crippen LogP contribution >= 0.6 is 15.9 Å². The Bertz CT molecular complexity index is 372. The number of furan rings is 1. The van der Waals surface area contributed by atoms with E-state index in [0.29, 0.717) is 12.1 Å². The summed E-state index contributed by atoms with van der Waals surface area (Å²) in [7, 11) is 0. The van der Waals surface area contributed by atoms with Crippen molar-refractivity contribution >= 4 is 15.9 Å². The normalized spacial score (nSPS) is 19.7. The van der Waals surface area contributed by atoms with Gasteiger partial charge >= 0.3 is 0 Å². The summed E-state index contributed by atoms with van der Waals surface area (Å²) in [6.45, 7) is 8.16. The van der Waals surface area contributed by atoms with Crippen molar-refractivity contribution in [2.45, 2.75) is 51.6 Å². The van der Waals surface area contributed by atoms with Crippen molar-refractivity contribution in [1.82, 2.24) is 10.2 Å². The molecule has 1 aliphatic rings. The Morgan fingerprint density at radius 2 is 2.16 bits per heavy atom. The maximum atomic E-state index is 5.60. The molecule has 1 saturated heterocycles. The summed E-state index contributed by atoms with van der Waals surface area (Å²) in [6, 6.07) is 4.91. The van der Waals surface area contributed by atoms with Crippen LogP contribution in [0.15, 0.2) is 21.2 Å². The molecule has 2 heterocycles. The van der Waals surface area contributed by atoms with Crippen molar-refractivity contribution < 1.29 is 4.42 Å². The van der Waals surface area contributed by atoms with Crippen LogP contribution in [-0.2, 0) is 0 Å². The number of unbranched alkanes of at least 4 members (excludes halogenated alkanes) is 1. The van der Waals surface area contributed by atoms with Gasteiger partial charge in [-0.05, 0) is 73.9 Å². The molecule has 1 aliphatic heterocycles. The maximum absolute atomic E-state index is 5.60. The van der Waals surface area contributed by atoms with Crippen LogP contribution < -0.4 is 5.32 Å². The van der Waals surface area contributed by atoms with E-state index in [9.17, 15) is 0 Å². The van der Waals surface area contributed by atoms with E-state index in [-0.39, 0.29) is 0 Å². The summed E-state index contributed by atoms with van der Waals surface area (Å²) in [6.07, 6.45) is 5.11. The lowest BCUT2D eigenvalue weighted by molar-refractivity contribution is 0.187. The standard InChI is InChI=1S/C15H25BrN2O/c1-3-4-9-18-10-7-13(8-11-18)17-12(2)14-5-6-15(16)19-14/h5-6,12-13,17H,3-4,7-11H2,1-2H3. The summed E-state index contributed by atoms with van der Waals surface area (Å²) in [4.78, 5) is 2.59. The van der Waals surface area contributed by atoms with E-state index < -0.39 is 0 Å². The van der Waals surface area contributed by atoms with Crippen LogP contribution in [0.25, 0.3) is 0 Å². The van der Waals surface area contributed by atoms with Crippen LogP contribution in [0.2, 0.25) is 0 Å². The maximum Gasteiger partial charge on any atom is 0.169 e. The molecule has 1 aromatic rings. The quantitative estimate of drug-likeness (QED) is 0.856. The molecule has 0 aromatic carbocycles. The highest BCUT2D eigenvalue weighted by molar-refractivity contribution is 9.10. The van der Waals surface area contributed by atoms with E-state index >= 15 is 0 Å². The van der Waals surface area contributed by atoms with E-state index in [1.165, 1.54) is 45.3 Å². The molecule has 19 heavy (non-hydrogen) atoms. The van der Waals surface area contributed by atoms with Gasteiger partial charge in [0.2, 0.25) is 0 Å². The summed E-state index contributed by atoms with van der Waals surface area (Å²) < 4.78 is 6.42. The van der Waals surface area contributed by atoms with Gasteiger partial charge in [0.1, 0.15) is 5.76 Å². The van der Waals surface area contributed by atoms with Gasteiger partial charge in [0, 0.05) is 6.04 Å². The molecule has 0 aliphatic carbocycles. The van der Waals surface area contributed by atoms with E-state index in [0.717, 1.165) is 10.4 Å². The minimum Gasteiger partial charge on any atom is -0.453 e. The van der Waals surface area contributed by atoms with E-state index in [1.807, 2.05) is 12.1 Å². The predicted molar refractivity (Wildman–Crippen MR) is 82.3 cm³/mol. The highest BCUT2D eigenvalue weighted by Crippen LogP contribution is 2.22. The minimum absolute atomic E-state index is 0.290. The molecule has 0 spiro atoms. The van der Waals surface area contributed by atoms with Gasteiger partial charge in [-0.3, -0.25) is 0 Å². The first-order valence-corrected chi connectivity index (χ1v) is 8.22. The van der Waals surface area contributed by atoms with Gasteiger partial charge in [0.15, 0.2) is 4.67 Å². The third-order valence-corrected chi connectivity index (χ3v) is 4.35. The third-order valence-electron chi connectivity index (χ3n) is 3.92. The monoisotopic (exact) mass is 328 g/mol. The average Bonchev–Trinajstić information content (AvgIpc) is 2.85. The molecule has 0 amide bonds. The smallest absolute Gasteiger partial charge is 0.169 e. The van der Waals surface area contributed by atoms with Crippen LogP contribution in [-0.4, -0.2) is 30.6 Å². The summed E-state index contributed by atoms with van der Waals surface area (Å²) in [5, 5.41) is 3.68. The van der Waals surface area contributed by atoms with Crippen LogP contribution in [0.4, 0.5) is 0 Å². The van der Waals surface area contributed by atoms with Gasteiger partial charge in [0.25, 0.3) is 0 Å². The van der Waals surface area contributed by atoms with Crippen molar-refractivity contribution in [3.63, 3.8) is 0 Å². The largest absolute Gasteiger partial charge is 0.453 e. The number of nitrogens with one attached hydrogen (secondary N) is 1. The van der Waals surface area contributed by atoms with Crippen molar-refractivity contribution in [3.8, 4) is 0 Å². The average molecular weight is 329 g/mol. The second-order valence-electron chi connectivity index (χ2n) is 5.50. The molecule has 1 fully saturated rings. The lowest BCUT2D eigenvalue weighted by atomic mass is 10.0. The van der Waals surface area contributed by atoms with E-state index in [2.05, 4.69) is 40.0 Å². The first-order valence-electron chi connectivity index (χ1n) is 7.42. The van der Waals surface area contributed by atoms with Gasteiger partial charge in [0.05, 0.1) is 6.04 Å². The predicted octanol–water partition coefficient (Wildman–Crippen LogP) is 3.96. The summed E-state index contributed by atoms with van der Waals surface area (Å²) >= 11 is 3.36. The fraction of sp³-hybridized carbons (Fsp3) is 0.733. The van der Waals surface area contributed by atoms with E-state index in [1.54, 1.807) is 0 Å². The molecule has 4 heteroatoms. The van der Waals surface area contributed by atoms with Crippen LogP contribution in [0.1, 0.15) is 51.3 Å². The molecule has 0 radical (unpaired) electrons. The van der Waals surface area contributed by atoms with Crippen molar-refractivity contribution in [1.29, 1.82) is 0 Å². The SMILES string of the molecule is CCCCN1CCC(NC(C)c2ccc(Br)o2)CC1. The molecular weight excluding hydrogens is 304 g/mol. The molecular formula is C15H25BrN2O. The van der Waals surface area contributed by atoms with Crippen molar-refractivity contribution in [2.75, 3.05) is 19.6 Å². The van der Waals surface area contributed by atoms with Crippen molar-refractivity contribution in [2.24, 2.45) is 0 Å². The van der Waals surface area contributed by atoms with Gasteiger partial charge in [-0.15, -0.1) is 0 Å². The Morgan fingerprint density at radius 3 is 2.74 bits per heavy atom. The first kappa shape index (κ1) is 15.1. The second kappa shape index (κ2) is 7.46. The number of nitrogens with zero attached hydrogens (tertiary/aromatic N) is 1. The topological polar surface area (TPSA) is 28.4 Å². The highest BCUT2D eigenvalue weighted by Gasteiger charge is 2.21. The Kier molecular flexibility index (Phi) is 5.92. The lowest BCUT2D eigenvalue weighted by Gasteiger charge is -2.33. The number of hydrogen-bond acceptors (Lipinski definition) is 3. The Labute approximate surface area is 124 Å². The number of rotatable bonds is 6. The molecule has 0 bridgehead atoms.